The van der Waals surface area contributed by atoms with Gasteiger partial charge in [-0.2, -0.15) is 13.2 Å². The number of thioether (sulfide) groups is 1. The quantitative estimate of drug-likeness (QED) is 0.815. The number of aliphatic hydroxyl groups excluding tert-OH is 1. The molecule has 2 N–H and O–H groups in total. The van der Waals surface area contributed by atoms with E-state index in [9.17, 15) is 13.2 Å². The fourth-order valence-electron chi connectivity index (χ4n) is 1.38. The molecule has 20 heavy (non-hydrogen) atoms. The zero-order valence-corrected chi connectivity index (χ0v) is 12.6. The van der Waals surface area contributed by atoms with Gasteiger partial charge in [-0.3, -0.25) is 0 Å². The molecule has 1 aromatic carbocycles. The highest BCUT2D eigenvalue weighted by Gasteiger charge is 2.37. The summed E-state index contributed by atoms with van der Waals surface area (Å²) >= 11 is 1.01. The van der Waals surface area contributed by atoms with E-state index >= 15 is 0 Å². The van der Waals surface area contributed by atoms with Crippen LogP contribution in [0.1, 0.15) is 26.3 Å². The van der Waals surface area contributed by atoms with E-state index < -0.39 is 12.3 Å². The molecule has 0 saturated carbocycles. The van der Waals surface area contributed by atoms with Crippen LogP contribution in [0.3, 0.4) is 0 Å². The van der Waals surface area contributed by atoms with Crippen molar-refractivity contribution in [3.8, 4) is 0 Å². The second kappa shape index (κ2) is 6.83. The highest BCUT2D eigenvalue weighted by Crippen LogP contribution is 2.27. The summed E-state index contributed by atoms with van der Waals surface area (Å²) in [7, 11) is 0. The second-order valence-electron chi connectivity index (χ2n) is 5.62. The van der Waals surface area contributed by atoms with Crippen molar-refractivity contribution in [2.75, 3.05) is 5.75 Å². The summed E-state index contributed by atoms with van der Waals surface area (Å²) in [6.07, 6.45) is -6.85. The maximum Gasteiger partial charge on any atom is 0.415 e. The first-order valence-electron chi connectivity index (χ1n) is 6.29. The molecule has 1 aromatic rings. The van der Waals surface area contributed by atoms with Crippen molar-refractivity contribution in [3.63, 3.8) is 0 Å². The van der Waals surface area contributed by atoms with Crippen LogP contribution in [0, 0.1) is 0 Å². The van der Waals surface area contributed by atoms with E-state index in [1.165, 1.54) is 0 Å². The van der Waals surface area contributed by atoms with Gasteiger partial charge in [-0.25, -0.2) is 0 Å². The maximum atomic E-state index is 12.2. The first kappa shape index (κ1) is 17.3. The summed E-state index contributed by atoms with van der Waals surface area (Å²) in [5.41, 5.74) is 0.988. The molecule has 0 aliphatic rings. The third kappa shape index (κ3) is 6.63. The van der Waals surface area contributed by atoms with Gasteiger partial charge in [0.15, 0.2) is 6.10 Å². The fraction of sp³-hybridized carbons (Fsp3) is 0.571. The van der Waals surface area contributed by atoms with E-state index in [0.717, 1.165) is 22.2 Å². The smallest absolute Gasteiger partial charge is 0.383 e. The van der Waals surface area contributed by atoms with Gasteiger partial charge in [0.25, 0.3) is 0 Å². The molecule has 0 saturated heterocycles. The third-order valence-electron chi connectivity index (χ3n) is 2.51. The molecule has 1 atom stereocenters. The van der Waals surface area contributed by atoms with Crippen molar-refractivity contribution >= 4 is 11.8 Å². The van der Waals surface area contributed by atoms with Gasteiger partial charge >= 0.3 is 6.18 Å². The van der Waals surface area contributed by atoms with Crippen LogP contribution in [-0.2, 0) is 6.54 Å². The minimum atomic E-state index is -4.56. The number of nitrogens with one attached hydrogen (secondary N) is 1. The summed E-state index contributed by atoms with van der Waals surface area (Å²) in [5, 5.41) is 12.3. The van der Waals surface area contributed by atoms with Gasteiger partial charge in [0, 0.05) is 22.7 Å². The Labute approximate surface area is 121 Å². The van der Waals surface area contributed by atoms with Crippen LogP contribution in [0.25, 0.3) is 0 Å². The lowest BCUT2D eigenvalue weighted by Crippen LogP contribution is -2.35. The van der Waals surface area contributed by atoms with Gasteiger partial charge in [0.2, 0.25) is 0 Å². The Morgan fingerprint density at radius 1 is 1.25 bits per heavy atom. The molecule has 114 valence electrons. The SMILES string of the molecule is CC(C)(C)NCc1cccc(SCC(O)C(F)(F)F)c1. The standard InChI is InChI=1S/C14H20F3NOS/c1-13(2,3)18-8-10-5-4-6-11(7-10)20-9-12(19)14(15,16)17/h4-7,12,18-19H,8-9H2,1-3H3. The Bertz CT molecular complexity index is 429. The first-order chi connectivity index (χ1) is 9.08. The molecule has 0 spiro atoms. The topological polar surface area (TPSA) is 32.3 Å². The van der Waals surface area contributed by atoms with Crippen LogP contribution in [0.15, 0.2) is 29.2 Å². The Kier molecular flexibility index (Phi) is 5.91. The summed E-state index contributed by atoms with van der Waals surface area (Å²) in [4.78, 5) is 0.724. The summed E-state index contributed by atoms with van der Waals surface area (Å²) < 4.78 is 36.6. The number of rotatable bonds is 5. The van der Waals surface area contributed by atoms with Gasteiger partial charge in [-0.15, -0.1) is 11.8 Å². The van der Waals surface area contributed by atoms with Crippen LogP contribution in [0.4, 0.5) is 13.2 Å². The van der Waals surface area contributed by atoms with Crippen molar-refractivity contribution in [1.82, 2.24) is 5.32 Å². The molecule has 2 nitrogen and oxygen atoms in total. The molecule has 0 radical (unpaired) electrons. The molecule has 0 amide bonds. The molecule has 6 heteroatoms. The average molecular weight is 307 g/mol. The molecule has 0 fully saturated rings. The van der Waals surface area contributed by atoms with Crippen molar-refractivity contribution in [3.05, 3.63) is 29.8 Å². The molecule has 0 aliphatic heterocycles. The fourth-order valence-corrected chi connectivity index (χ4v) is 2.33. The number of hydrogen-bond donors (Lipinski definition) is 2. The number of benzene rings is 1. The molecule has 0 aliphatic carbocycles. The van der Waals surface area contributed by atoms with Crippen LogP contribution >= 0.6 is 11.8 Å². The zero-order chi connectivity index (χ0) is 15.4. The minimum Gasteiger partial charge on any atom is -0.383 e. The molecule has 0 aromatic heterocycles. The van der Waals surface area contributed by atoms with Gasteiger partial charge in [0.05, 0.1) is 0 Å². The Hall–Kier alpha value is -0.720. The Morgan fingerprint density at radius 2 is 1.90 bits per heavy atom. The predicted octanol–water partition coefficient (Wildman–Crippen LogP) is 3.59. The van der Waals surface area contributed by atoms with Crippen LogP contribution < -0.4 is 5.32 Å². The highest BCUT2D eigenvalue weighted by atomic mass is 32.2. The number of alkyl halides is 3. The predicted molar refractivity (Wildman–Crippen MR) is 75.8 cm³/mol. The molecule has 0 heterocycles. The number of hydrogen-bond acceptors (Lipinski definition) is 3. The lowest BCUT2D eigenvalue weighted by molar-refractivity contribution is -0.195. The molecule has 0 bridgehead atoms. The normalized spacial score (nSPS) is 14.3. The van der Waals surface area contributed by atoms with Gasteiger partial charge in [-0.1, -0.05) is 12.1 Å². The number of halogens is 3. The average Bonchev–Trinajstić information content (AvgIpc) is 2.32. The van der Waals surface area contributed by atoms with Crippen LogP contribution in [0.2, 0.25) is 0 Å². The highest BCUT2D eigenvalue weighted by molar-refractivity contribution is 7.99. The maximum absolute atomic E-state index is 12.2. The van der Waals surface area contributed by atoms with E-state index in [0.29, 0.717) is 6.54 Å². The lowest BCUT2D eigenvalue weighted by Gasteiger charge is -2.20. The minimum absolute atomic E-state index is 0.0182. The van der Waals surface area contributed by atoms with E-state index in [1.54, 1.807) is 6.07 Å². The molecular formula is C14H20F3NOS. The van der Waals surface area contributed by atoms with E-state index in [1.807, 2.05) is 39.0 Å². The van der Waals surface area contributed by atoms with Crippen LogP contribution in [-0.4, -0.2) is 28.7 Å². The van der Waals surface area contributed by atoms with Crippen molar-refractivity contribution in [2.24, 2.45) is 0 Å². The Balaban J connectivity index is 2.56. The summed E-state index contributed by atoms with van der Waals surface area (Å²) in [6, 6.07) is 7.31. The van der Waals surface area contributed by atoms with E-state index in [2.05, 4.69) is 5.32 Å². The van der Waals surface area contributed by atoms with Gasteiger partial charge in [-0.05, 0) is 38.5 Å². The van der Waals surface area contributed by atoms with Crippen molar-refractivity contribution in [1.29, 1.82) is 0 Å². The van der Waals surface area contributed by atoms with Gasteiger partial charge < -0.3 is 10.4 Å². The first-order valence-corrected chi connectivity index (χ1v) is 7.28. The van der Waals surface area contributed by atoms with Gasteiger partial charge in [0.1, 0.15) is 0 Å². The lowest BCUT2D eigenvalue weighted by atomic mass is 10.1. The molecular weight excluding hydrogens is 287 g/mol. The number of aliphatic hydroxyl groups is 1. The van der Waals surface area contributed by atoms with Crippen molar-refractivity contribution in [2.45, 2.75) is 50.0 Å². The summed E-state index contributed by atoms with van der Waals surface area (Å²) in [5.74, 6) is -0.389. The second-order valence-corrected chi connectivity index (χ2v) is 6.71. The van der Waals surface area contributed by atoms with E-state index in [-0.39, 0.29) is 11.3 Å². The summed E-state index contributed by atoms with van der Waals surface area (Å²) in [6.45, 7) is 6.79. The zero-order valence-electron chi connectivity index (χ0n) is 11.8. The van der Waals surface area contributed by atoms with Crippen molar-refractivity contribution < 1.29 is 18.3 Å². The van der Waals surface area contributed by atoms with E-state index in [4.69, 9.17) is 5.11 Å². The van der Waals surface area contributed by atoms with Crippen LogP contribution in [0.5, 0.6) is 0 Å². The molecule has 1 unspecified atom stereocenters. The molecule has 1 rings (SSSR count). The largest absolute Gasteiger partial charge is 0.415 e. The Morgan fingerprint density at radius 3 is 2.45 bits per heavy atom. The third-order valence-corrected chi connectivity index (χ3v) is 3.58. The monoisotopic (exact) mass is 307 g/mol.